The summed E-state index contributed by atoms with van der Waals surface area (Å²) in [6, 6.07) is 11.9. The van der Waals surface area contributed by atoms with Crippen molar-refractivity contribution in [2.75, 3.05) is 6.54 Å². The topological polar surface area (TPSA) is 38.1 Å². The van der Waals surface area contributed by atoms with Gasteiger partial charge in [0, 0.05) is 25.4 Å². The average Bonchev–Trinajstić information content (AvgIpc) is 3.07. The van der Waals surface area contributed by atoms with Gasteiger partial charge >= 0.3 is 0 Å². The summed E-state index contributed by atoms with van der Waals surface area (Å²) in [4.78, 5) is 14.0. The zero-order valence-electron chi connectivity index (χ0n) is 11.0. The van der Waals surface area contributed by atoms with E-state index in [0.29, 0.717) is 19.5 Å². The first-order chi connectivity index (χ1) is 9.74. The normalized spacial score (nSPS) is 20.4. The third kappa shape index (κ3) is 2.70. The highest BCUT2D eigenvalue weighted by molar-refractivity contribution is 6.22. The van der Waals surface area contributed by atoms with Crippen LogP contribution in [0.15, 0.2) is 48.8 Å². The Bertz CT molecular complexity index is 570. The van der Waals surface area contributed by atoms with E-state index in [-0.39, 0.29) is 17.3 Å². The Hall–Kier alpha value is -1.81. The lowest BCUT2D eigenvalue weighted by atomic mass is 10.1. The molecule has 2 atom stereocenters. The number of hydrogen-bond donors (Lipinski definition) is 0. The first-order valence-electron chi connectivity index (χ1n) is 6.70. The molecule has 4 nitrogen and oxygen atoms in total. The van der Waals surface area contributed by atoms with Gasteiger partial charge in [-0.3, -0.25) is 9.48 Å². The van der Waals surface area contributed by atoms with E-state index in [9.17, 15) is 4.79 Å². The number of hydrogen-bond acceptors (Lipinski definition) is 2. The van der Waals surface area contributed by atoms with E-state index >= 15 is 0 Å². The second kappa shape index (κ2) is 5.67. The van der Waals surface area contributed by atoms with E-state index in [1.807, 2.05) is 52.2 Å². The number of carbonyl (C=O) groups is 1. The van der Waals surface area contributed by atoms with Crippen LogP contribution in [0.1, 0.15) is 18.0 Å². The summed E-state index contributed by atoms with van der Waals surface area (Å²) in [6.45, 7) is 1.24. The fourth-order valence-corrected chi connectivity index (χ4v) is 2.91. The van der Waals surface area contributed by atoms with Crippen molar-refractivity contribution in [1.82, 2.24) is 14.7 Å². The molecule has 2 unspecified atom stereocenters. The first-order valence-corrected chi connectivity index (χ1v) is 7.13. The molecule has 0 aliphatic carbocycles. The summed E-state index contributed by atoms with van der Waals surface area (Å²) in [5.41, 5.74) is 1.11. The lowest BCUT2D eigenvalue weighted by Gasteiger charge is -2.28. The molecule has 0 bridgehead atoms. The van der Waals surface area contributed by atoms with Crippen LogP contribution in [-0.2, 0) is 11.3 Å². The predicted octanol–water partition coefficient (Wildman–Crippen LogP) is 2.46. The molecule has 1 aromatic heterocycles. The minimum Gasteiger partial charge on any atom is -0.332 e. The van der Waals surface area contributed by atoms with Crippen molar-refractivity contribution in [3.63, 3.8) is 0 Å². The van der Waals surface area contributed by atoms with Crippen LogP contribution in [-0.4, -0.2) is 32.5 Å². The van der Waals surface area contributed by atoms with E-state index in [1.54, 1.807) is 6.20 Å². The van der Waals surface area contributed by atoms with Gasteiger partial charge < -0.3 is 4.90 Å². The smallest absolute Gasteiger partial charge is 0.224 e. The van der Waals surface area contributed by atoms with Crippen LogP contribution < -0.4 is 0 Å². The van der Waals surface area contributed by atoms with Gasteiger partial charge in [0.1, 0.15) is 0 Å². The maximum atomic E-state index is 12.1. The highest BCUT2D eigenvalue weighted by Gasteiger charge is 2.34. The molecule has 0 radical (unpaired) electrons. The number of nitrogens with zero attached hydrogens (tertiary/aromatic N) is 3. The molecule has 1 amide bonds. The molecule has 1 saturated heterocycles. The first kappa shape index (κ1) is 13.2. The SMILES string of the molecule is O=C1CC(Cl)CN1C(Cn1cccn1)c1ccccc1. The Morgan fingerprint density at radius 3 is 2.70 bits per heavy atom. The molecule has 1 aromatic carbocycles. The highest BCUT2D eigenvalue weighted by atomic mass is 35.5. The standard InChI is InChI=1S/C15H16ClN3O/c16-13-9-15(20)19(10-13)14(11-18-8-4-7-17-18)12-5-2-1-3-6-12/h1-8,13-14H,9-11H2. The summed E-state index contributed by atoms with van der Waals surface area (Å²) < 4.78 is 1.85. The highest BCUT2D eigenvalue weighted by Crippen LogP contribution is 2.29. The van der Waals surface area contributed by atoms with Gasteiger partial charge in [-0.1, -0.05) is 30.3 Å². The molecule has 5 heteroatoms. The summed E-state index contributed by atoms with van der Waals surface area (Å²) in [5, 5.41) is 4.15. The number of rotatable bonds is 4. The van der Waals surface area contributed by atoms with Gasteiger partial charge in [0.2, 0.25) is 5.91 Å². The Kier molecular flexibility index (Phi) is 3.74. The maximum Gasteiger partial charge on any atom is 0.224 e. The van der Waals surface area contributed by atoms with Crippen molar-refractivity contribution >= 4 is 17.5 Å². The van der Waals surface area contributed by atoms with E-state index in [4.69, 9.17) is 11.6 Å². The molecule has 1 fully saturated rings. The van der Waals surface area contributed by atoms with E-state index in [1.165, 1.54) is 0 Å². The molecule has 0 spiro atoms. The number of amides is 1. The summed E-state index contributed by atoms with van der Waals surface area (Å²) in [7, 11) is 0. The molecule has 104 valence electrons. The van der Waals surface area contributed by atoms with Gasteiger partial charge in [0.15, 0.2) is 0 Å². The molecular weight excluding hydrogens is 274 g/mol. The minimum absolute atomic E-state index is 0.0210. The van der Waals surface area contributed by atoms with Crippen molar-refractivity contribution in [2.45, 2.75) is 24.4 Å². The number of aromatic nitrogens is 2. The molecular formula is C15H16ClN3O. The molecule has 2 heterocycles. The van der Waals surface area contributed by atoms with Crippen LogP contribution in [0.3, 0.4) is 0 Å². The minimum atomic E-state index is -0.0914. The molecule has 2 aromatic rings. The van der Waals surface area contributed by atoms with Gasteiger partial charge in [0.25, 0.3) is 0 Å². The zero-order valence-corrected chi connectivity index (χ0v) is 11.8. The lowest BCUT2D eigenvalue weighted by molar-refractivity contribution is -0.130. The average molecular weight is 290 g/mol. The predicted molar refractivity (Wildman–Crippen MR) is 77.4 cm³/mol. The number of halogens is 1. The molecule has 1 aliphatic rings. The van der Waals surface area contributed by atoms with Crippen LogP contribution in [0.2, 0.25) is 0 Å². The number of alkyl halides is 1. The van der Waals surface area contributed by atoms with Gasteiger partial charge in [0.05, 0.1) is 18.0 Å². The number of carbonyl (C=O) groups excluding carboxylic acids is 1. The van der Waals surface area contributed by atoms with Gasteiger partial charge in [-0.15, -0.1) is 11.6 Å². The van der Waals surface area contributed by atoms with Crippen molar-refractivity contribution in [3.05, 3.63) is 54.4 Å². The summed E-state index contributed by atoms with van der Waals surface area (Å²) in [5.74, 6) is 0.117. The van der Waals surface area contributed by atoms with Gasteiger partial charge in [-0.25, -0.2) is 0 Å². The molecule has 20 heavy (non-hydrogen) atoms. The third-order valence-electron chi connectivity index (χ3n) is 3.59. The van der Waals surface area contributed by atoms with Crippen LogP contribution in [0, 0.1) is 0 Å². The second-order valence-corrected chi connectivity index (χ2v) is 5.62. The summed E-state index contributed by atoms with van der Waals surface area (Å²) >= 11 is 6.13. The van der Waals surface area contributed by atoms with Crippen molar-refractivity contribution in [2.24, 2.45) is 0 Å². The maximum absolute atomic E-state index is 12.1. The largest absolute Gasteiger partial charge is 0.332 e. The van der Waals surface area contributed by atoms with Crippen molar-refractivity contribution in [3.8, 4) is 0 Å². The molecule has 0 N–H and O–H groups in total. The fourth-order valence-electron chi connectivity index (χ4n) is 2.63. The number of likely N-dealkylation sites (tertiary alicyclic amines) is 1. The quantitative estimate of drug-likeness (QED) is 0.811. The molecule has 1 aliphatic heterocycles. The van der Waals surface area contributed by atoms with E-state index in [0.717, 1.165) is 5.56 Å². The molecule has 0 saturated carbocycles. The van der Waals surface area contributed by atoms with Crippen molar-refractivity contribution in [1.29, 1.82) is 0 Å². The monoisotopic (exact) mass is 289 g/mol. The lowest BCUT2D eigenvalue weighted by Crippen LogP contribution is -2.33. The Labute approximate surface area is 123 Å². The Balaban J connectivity index is 1.89. The fraction of sp³-hybridized carbons (Fsp3) is 0.333. The second-order valence-electron chi connectivity index (χ2n) is 5.00. The third-order valence-corrected chi connectivity index (χ3v) is 3.88. The Morgan fingerprint density at radius 2 is 2.10 bits per heavy atom. The number of benzene rings is 1. The van der Waals surface area contributed by atoms with Crippen LogP contribution >= 0.6 is 11.6 Å². The van der Waals surface area contributed by atoms with Gasteiger partial charge in [-0.2, -0.15) is 5.10 Å². The van der Waals surface area contributed by atoms with E-state index in [2.05, 4.69) is 5.10 Å². The summed E-state index contributed by atoms with van der Waals surface area (Å²) in [6.07, 6.45) is 4.08. The van der Waals surface area contributed by atoms with Crippen molar-refractivity contribution < 1.29 is 4.79 Å². The zero-order chi connectivity index (χ0) is 13.9. The van der Waals surface area contributed by atoms with Gasteiger partial charge in [-0.05, 0) is 11.6 Å². The van der Waals surface area contributed by atoms with E-state index < -0.39 is 0 Å². The molecule has 3 rings (SSSR count). The van der Waals surface area contributed by atoms with Crippen LogP contribution in [0.4, 0.5) is 0 Å². The van der Waals surface area contributed by atoms with Crippen LogP contribution in [0.25, 0.3) is 0 Å². The van der Waals surface area contributed by atoms with Crippen LogP contribution in [0.5, 0.6) is 0 Å². The Morgan fingerprint density at radius 1 is 1.30 bits per heavy atom.